The predicted molar refractivity (Wildman–Crippen MR) is 72.7 cm³/mol. The van der Waals surface area contributed by atoms with Crippen LogP contribution in [-0.2, 0) is 15.5 Å². The Hall–Kier alpha value is -0.850. The number of nitrogens with zero attached hydrogens (tertiary/aromatic N) is 1. The lowest BCUT2D eigenvalue weighted by Gasteiger charge is -2.36. The van der Waals surface area contributed by atoms with E-state index in [0.717, 1.165) is 24.8 Å². The zero-order chi connectivity index (χ0) is 12.3. The van der Waals surface area contributed by atoms with Crippen LogP contribution >= 0.6 is 12.2 Å². The van der Waals surface area contributed by atoms with Gasteiger partial charge in [-0.1, -0.05) is 24.7 Å². The first-order valence-corrected chi connectivity index (χ1v) is 7.24. The minimum atomic E-state index is -1.04. The van der Waals surface area contributed by atoms with Gasteiger partial charge in [-0.25, -0.2) is 5.84 Å². The molecular weight excluding hydrogens is 254 g/mol. The maximum atomic E-state index is 12.4. The molecule has 1 aromatic heterocycles. The molecule has 0 radical (unpaired) electrons. The standard InChI is InChI=1S/C11H15N3OS2/c12-14-10(16)11(5-1-2-7-17(11)15)9-4-3-6-13-8-9/h3-4,6,8H,1-2,5,7,12H2,(H,14,16)/t11-,17?/m1/s1. The zero-order valence-corrected chi connectivity index (χ0v) is 11.0. The molecule has 1 saturated heterocycles. The van der Waals surface area contributed by atoms with E-state index in [2.05, 4.69) is 10.4 Å². The monoisotopic (exact) mass is 269 g/mol. The Labute approximate surface area is 108 Å². The highest BCUT2D eigenvalue weighted by Gasteiger charge is 2.44. The second kappa shape index (κ2) is 5.20. The molecule has 0 aromatic carbocycles. The van der Waals surface area contributed by atoms with Crippen molar-refractivity contribution in [3.05, 3.63) is 30.1 Å². The SMILES string of the molecule is NNC(=S)[C@]1(c2cccnc2)CCCCS1=O. The van der Waals surface area contributed by atoms with Gasteiger partial charge in [0.15, 0.2) is 0 Å². The predicted octanol–water partition coefficient (Wildman–Crippen LogP) is 1.00. The number of pyridine rings is 1. The van der Waals surface area contributed by atoms with Crippen molar-refractivity contribution in [3.63, 3.8) is 0 Å². The summed E-state index contributed by atoms with van der Waals surface area (Å²) < 4.78 is 11.8. The number of hydrogen-bond acceptors (Lipinski definition) is 4. The van der Waals surface area contributed by atoms with Crippen molar-refractivity contribution in [2.75, 3.05) is 5.75 Å². The number of thiocarbonyl (C=S) groups is 1. The second-order valence-electron chi connectivity index (χ2n) is 4.05. The van der Waals surface area contributed by atoms with Crippen molar-refractivity contribution in [3.8, 4) is 0 Å². The normalized spacial score (nSPS) is 28.6. The summed E-state index contributed by atoms with van der Waals surface area (Å²) in [5.41, 5.74) is 3.40. The van der Waals surface area contributed by atoms with Gasteiger partial charge < -0.3 is 5.43 Å². The van der Waals surface area contributed by atoms with Crippen molar-refractivity contribution >= 4 is 28.0 Å². The molecule has 3 N–H and O–H groups in total. The third-order valence-electron chi connectivity index (χ3n) is 3.12. The van der Waals surface area contributed by atoms with E-state index in [1.54, 1.807) is 12.4 Å². The molecule has 0 spiro atoms. The van der Waals surface area contributed by atoms with Crippen LogP contribution in [0.3, 0.4) is 0 Å². The third-order valence-corrected chi connectivity index (χ3v) is 5.80. The summed E-state index contributed by atoms with van der Waals surface area (Å²) in [5, 5.41) is 0. The highest BCUT2D eigenvalue weighted by atomic mass is 32.2. The van der Waals surface area contributed by atoms with Crippen LogP contribution in [0, 0.1) is 0 Å². The van der Waals surface area contributed by atoms with Gasteiger partial charge in [0, 0.05) is 28.9 Å². The minimum absolute atomic E-state index is 0.448. The van der Waals surface area contributed by atoms with Crippen molar-refractivity contribution in [1.82, 2.24) is 10.4 Å². The number of nitrogens with one attached hydrogen (secondary N) is 1. The minimum Gasteiger partial charge on any atom is -0.317 e. The van der Waals surface area contributed by atoms with E-state index in [1.807, 2.05) is 12.1 Å². The lowest BCUT2D eigenvalue weighted by Crippen LogP contribution is -2.51. The summed E-state index contributed by atoms with van der Waals surface area (Å²) in [6.45, 7) is 0. The van der Waals surface area contributed by atoms with Crippen LogP contribution in [0.4, 0.5) is 0 Å². The summed E-state index contributed by atoms with van der Waals surface area (Å²) in [7, 11) is -1.04. The Morgan fingerprint density at radius 2 is 2.41 bits per heavy atom. The van der Waals surface area contributed by atoms with Crippen LogP contribution in [0.15, 0.2) is 24.5 Å². The Morgan fingerprint density at radius 1 is 1.59 bits per heavy atom. The van der Waals surface area contributed by atoms with E-state index in [0.29, 0.717) is 10.7 Å². The largest absolute Gasteiger partial charge is 0.317 e. The zero-order valence-electron chi connectivity index (χ0n) is 9.39. The van der Waals surface area contributed by atoms with Gasteiger partial charge >= 0.3 is 0 Å². The summed E-state index contributed by atoms with van der Waals surface area (Å²) in [6.07, 6.45) is 6.16. The van der Waals surface area contributed by atoms with E-state index in [1.165, 1.54) is 0 Å². The quantitative estimate of drug-likeness (QED) is 0.476. The molecule has 6 heteroatoms. The van der Waals surface area contributed by atoms with E-state index >= 15 is 0 Å². The van der Waals surface area contributed by atoms with Gasteiger partial charge in [0.2, 0.25) is 0 Å². The van der Waals surface area contributed by atoms with Gasteiger partial charge in [-0.2, -0.15) is 0 Å². The van der Waals surface area contributed by atoms with Crippen molar-refractivity contribution in [2.24, 2.45) is 5.84 Å². The van der Waals surface area contributed by atoms with Crippen molar-refractivity contribution in [1.29, 1.82) is 0 Å². The third kappa shape index (κ3) is 2.12. The van der Waals surface area contributed by atoms with Crippen LogP contribution in [0.1, 0.15) is 24.8 Å². The molecule has 1 aliphatic heterocycles. The highest BCUT2D eigenvalue weighted by Crippen LogP contribution is 2.38. The summed E-state index contributed by atoms with van der Waals surface area (Å²) in [4.78, 5) is 4.54. The van der Waals surface area contributed by atoms with Crippen molar-refractivity contribution in [2.45, 2.75) is 24.0 Å². The first kappa shape index (κ1) is 12.6. The van der Waals surface area contributed by atoms with Gasteiger partial charge in [0.1, 0.15) is 9.74 Å². The van der Waals surface area contributed by atoms with Gasteiger partial charge in [-0.3, -0.25) is 9.19 Å². The fourth-order valence-corrected chi connectivity index (χ4v) is 4.57. The van der Waals surface area contributed by atoms with Crippen LogP contribution in [0.2, 0.25) is 0 Å². The molecule has 2 atom stereocenters. The fourth-order valence-electron chi connectivity index (χ4n) is 2.24. The Kier molecular flexibility index (Phi) is 3.86. The highest BCUT2D eigenvalue weighted by molar-refractivity contribution is 7.90. The topological polar surface area (TPSA) is 68.0 Å². The molecule has 1 unspecified atom stereocenters. The van der Waals surface area contributed by atoms with Gasteiger partial charge in [0.25, 0.3) is 0 Å². The van der Waals surface area contributed by atoms with Crippen molar-refractivity contribution < 1.29 is 4.21 Å². The van der Waals surface area contributed by atoms with Crippen LogP contribution in [0.25, 0.3) is 0 Å². The van der Waals surface area contributed by atoms with E-state index in [4.69, 9.17) is 18.1 Å². The number of nitrogens with two attached hydrogens (primary N) is 1. The van der Waals surface area contributed by atoms with E-state index < -0.39 is 15.5 Å². The van der Waals surface area contributed by atoms with E-state index in [-0.39, 0.29) is 0 Å². The average molecular weight is 269 g/mol. The Morgan fingerprint density at radius 3 is 3.00 bits per heavy atom. The molecule has 0 saturated carbocycles. The Bertz CT molecular complexity index is 428. The smallest absolute Gasteiger partial charge is 0.123 e. The van der Waals surface area contributed by atoms with Gasteiger partial charge in [-0.05, 0) is 24.5 Å². The first-order valence-electron chi connectivity index (χ1n) is 5.52. The maximum absolute atomic E-state index is 12.4. The molecule has 17 heavy (non-hydrogen) atoms. The fraction of sp³-hybridized carbons (Fsp3) is 0.455. The first-order chi connectivity index (χ1) is 8.21. The molecule has 4 nitrogen and oxygen atoms in total. The molecule has 0 aliphatic carbocycles. The summed E-state index contributed by atoms with van der Waals surface area (Å²) in [6, 6.07) is 3.75. The number of hydrazine groups is 1. The number of hydrogen-bond donors (Lipinski definition) is 2. The number of rotatable bonds is 2. The summed E-state index contributed by atoms with van der Waals surface area (Å²) >= 11 is 5.29. The lowest BCUT2D eigenvalue weighted by atomic mass is 9.93. The van der Waals surface area contributed by atoms with Gasteiger partial charge in [-0.15, -0.1) is 0 Å². The maximum Gasteiger partial charge on any atom is 0.123 e. The van der Waals surface area contributed by atoms with Gasteiger partial charge in [0.05, 0.1) is 0 Å². The van der Waals surface area contributed by atoms with Crippen LogP contribution < -0.4 is 11.3 Å². The molecule has 0 bridgehead atoms. The number of aromatic nitrogens is 1. The molecule has 1 fully saturated rings. The lowest BCUT2D eigenvalue weighted by molar-refractivity contribution is 0.571. The average Bonchev–Trinajstić information content (AvgIpc) is 2.39. The molecule has 2 heterocycles. The van der Waals surface area contributed by atoms with Crippen LogP contribution in [0.5, 0.6) is 0 Å². The molecule has 92 valence electrons. The van der Waals surface area contributed by atoms with Crippen LogP contribution in [-0.4, -0.2) is 19.9 Å². The molecule has 1 aliphatic rings. The second-order valence-corrected chi connectivity index (χ2v) is 6.25. The summed E-state index contributed by atoms with van der Waals surface area (Å²) in [5.74, 6) is 6.10. The molecule has 0 amide bonds. The van der Waals surface area contributed by atoms with E-state index in [9.17, 15) is 4.21 Å². The molecule has 2 rings (SSSR count). The molecule has 1 aromatic rings. The molecular formula is C11H15N3OS2. The Balaban J connectivity index is 2.50.